The van der Waals surface area contributed by atoms with Gasteiger partial charge in [0.2, 0.25) is 5.91 Å². The molecule has 0 saturated carbocycles. The minimum absolute atomic E-state index is 0.0553. The molecule has 3 atom stereocenters. The van der Waals surface area contributed by atoms with Crippen LogP contribution < -0.4 is 15.4 Å². The van der Waals surface area contributed by atoms with Gasteiger partial charge in [0, 0.05) is 30.3 Å². The molecule has 242 valence electrons. The highest BCUT2D eigenvalue weighted by atomic mass is 32.1. The lowest BCUT2D eigenvalue weighted by Crippen LogP contribution is -2.38. The van der Waals surface area contributed by atoms with Gasteiger partial charge in [-0.1, -0.05) is 42.0 Å². The fraction of sp³-hybridized carbons (Fsp3) is 0.353. The number of aliphatic hydroxyl groups is 1. The van der Waals surface area contributed by atoms with Crippen molar-refractivity contribution in [3.8, 4) is 11.5 Å². The number of amides is 2. The van der Waals surface area contributed by atoms with Crippen LogP contribution in [-0.2, 0) is 23.9 Å². The minimum Gasteiger partial charge on any atom is -0.467 e. The van der Waals surface area contributed by atoms with Crippen LogP contribution in [0.15, 0.2) is 83.8 Å². The van der Waals surface area contributed by atoms with E-state index in [0.717, 1.165) is 4.90 Å². The van der Waals surface area contributed by atoms with E-state index in [2.05, 4.69) is 34.9 Å². The Morgan fingerprint density at radius 3 is 2.09 bits per heavy atom. The van der Waals surface area contributed by atoms with Gasteiger partial charge in [-0.3, -0.25) is 14.4 Å². The number of para-hydroxylation sites is 1. The van der Waals surface area contributed by atoms with Crippen LogP contribution in [0.25, 0.3) is 0 Å². The Morgan fingerprint density at radius 2 is 1.49 bits per heavy atom. The van der Waals surface area contributed by atoms with Gasteiger partial charge in [-0.25, -0.2) is 4.79 Å². The maximum atomic E-state index is 12.8. The smallest absolute Gasteiger partial charge is 0.334 e. The summed E-state index contributed by atoms with van der Waals surface area (Å²) < 4.78 is 15.6. The van der Waals surface area contributed by atoms with Crippen LogP contribution in [0.1, 0.15) is 55.5 Å². The quantitative estimate of drug-likeness (QED) is 0.143. The predicted octanol–water partition coefficient (Wildman–Crippen LogP) is 5.02. The molecule has 10 nitrogen and oxygen atoms in total. The van der Waals surface area contributed by atoms with Gasteiger partial charge in [0.1, 0.15) is 17.6 Å². The van der Waals surface area contributed by atoms with Gasteiger partial charge in [-0.2, -0.15) is 0 Å². The van der Waals surface area contributed by atoms with E-state index in [4.69, 9.17) is 9.47 Å². The fourth-order valence-corrected chi connectivity index (χ4v) is 4.34. The Labute approximate surface area is 269 Å². The van der Waals surface area contributed by atoms with E-state index >= 15 is 0 Å². The summed E-state index contributed by atoms with van der Waals surface area (Å²) in [5.74, 6) is -0.747. The SMILES string of the molecule is COC(=O)C(O)CCC(CCC(CNC(=O)c1cccc(Oc2ccccc2)c1)OC(C)=O)NC(C)=O.Cc1ccc(S)cc1. The second-order valence-corrected chi connectivity index (χ2v) is 10.8. The number of carbonyl (C=O) groups excluding carboxylic acids is 4. The van der Waals surface area contributed by atoms with Crippen molar-refractivity contribution >= 4 is 36.4 Å². The first-order chi connectivity index (χ1) is 21.5. The maximum absolute atomic E-state index is 12.8. The van der Waals surface area contributed by atoms with Gasteiger partial charge in [0.05, 0.1) is 13.7 Å². The predicted molar refractivity (Wildman–Crippen MR) is 173 cm³/mol. The van der Waals surface area contributed by atoms with Crippen LogP contribution in [0.2, 0.25) is 0 Å². The van der Waals surface area contributed by atoms with E-state index in [1.165, 1.54) is 26.5 Å². The van der Waals surface area contributed by atoms with Gasteiger partial charge in [-0.05, 0) is 75.1 Å². The molecule has 3 rings (SSSR count). The zero-order chi connectivity index (χ0) is 33.2. The molecule has 0 spiro atoms. The first-order valence-corrected chi connectivity index (χ1v) is 15.0. The molecule has 2 amide bonds. The number of methoxy groups -OCH3 is 1. The Bertz CT molecular complexity index is 1350. The number of aliphatic hydroxyl groups excluding tert-OH is 1. The fourth-order valence-electron chi connectivity index (χ4n) is 4.19. The number of esters is 2. The number of ether oxygens (including phenoxy) is 3. The first kappa shape index (κ1) is 36.8. The Morgan fingerprint density at radius 1 is 0.844 bits per heavy atom. The lowest BCUT2D eigenvalue weighted by molar-refractivity contribution is -0.151. The van der Waals surface area contributed by atoms with Crippen molar-refractivity contribution in [2.24, 2.45) is 0 Å². The summed E-state index contributed by atoms with van der Waals surface area (Å²) in [6.07, 6.45) is -0.826. The average molecular weight is 639 g/mol. The van der Waals surface area contributed by atoms with Crippen molar-refractivity contribution in [3.63, 3.8) is 0 Å². The monoisotopic (exact) mass is 638 g/mol. The van der Waals surface area contributed by atoms with E-state index < -0.39 is 24.1 Å². The van der Waals surface area contributed by atoms with Crippen LogP contribution in [0.3, 0.4) is 0 Å². The summed E-state index contributed by atoms with van der Waals surface area (Å²) in [6, 6.07) is 23.6. The zero-order valence-corrected chi connectivity index (χ0v) is 26.9. The number of benzene rings is 3. The van der Waals surface area contributed by atoms with Crippen LogP contribution in [0, 0.1) is 6.92 Å². The number of rotatable bonds is 14. The largest absolute Gasteiger partial charge is 0.467 e. The summed E-state index contributed by atoms with van der Waals surface area (Å²) in [4.78, 5) is 48.5. The Hall–Kier alpha value is -4.35. The third-order valence-corrected chi connectivity index (χ3v) is 6.74. The van der Waals surface area contributed by atoms with E-state index in [9.17, 15) is 24.3 Å². The zero-order valence-electron chi connectivity index (χ0n) is 26.0. The molecule has 3 unspecified atom stereocenters. The highest BCUT2D eigenvalue weighted by Crippen LogP contribution is 2.22. The molecular formula is C34H42N2O8S. The van der Waals surface area contributed by atoms with Crippen LogP contribution in [0.5, 0.6) is 11.5 Å². The van der Waals surface area contributed by atoms with Crippen molar-refractivity contribution in [1.29, 1.82) is 0 Å². The number of nitrogens with one attached hydrogen (secondary N) is 2. The van der Waals surface area contributed by atoms with Gasteiger partial charge in [0.15, 0.2) is 6.10 Å². The third kappa shape index (κ3) is 15.3. The molecule has 3 N–H and O–H groups in total. The normalized spacial score (nSPS) is 12.3. The van der Waals surface area contributed by atoms with Crippen molar-refractivity contribution in [2.75, 3.05) is 13.7 Å². The average Bonchev–Trinajstić information content (AvgIpc) is 3.02. The summed E-state index contributed by atoms with van der Waals surface area (Å²) in [6.45, 7) is 4.76. The van der Waals surface area contributed by atoms with E-state index in [1.807, 2.05) is 42.5 Å². The molecule has 0 aliphatic rings. The van der Waals surface area contributed by atoms with E-state index in [-0.39, 0.29) is 30.8 Å². The first-order valence-electron chi connectivity index (χ1n) is 14.5. The summed E-state index contributed by atoms with van der Waals surface area (Å²) in [7, 11) is 1.18. The van der Waals surface area contributed by atoms with Gasteiger partial charge in [-0.15, -0.1) is 12.6 Å². The van der Waals surface area contributed by atoms with Crippen molar-refractivity contribution in [3.05, 3.63) is 90.0 Å². The van der Waals surface area contributed by atoms with Crippen molar-refractivity contribution in [1.82, 2.24) is 10.6 Å². The molecule has 0 saturated heterocycles. The Balaban J connectivity index is 0.000000761. The number of hydrogen-bond acceptors (Lipinski definition) is 9. The summed E-state index contributed by atoms with van der Waals surface area (Å²) in [5.41, 5.74) is 1.66. The molecule has 0 bridgehead atoms. The van der Waals surface area contributed by atoms with Gasteiger partial charge in [0.25, 0.3) is 5.91 Å². The van der Waals surface area contributed by atoms with Crippen molar-refractivity contribution < 1.29 is 38.5 Å². The Kier molecular flexibility index (Phi) is 16.2. The second kappa shape index (κ2) is 19.8. The number of hydrogen-bond donors (Lipinski definition) is 4. The van der Waals surface area contributed by atoms with Gasteiger partial charge < -0.3 is 30.0 Å². The molecule has 0 aliphatic carbocycles. The van der Waals surface area contributed by atoms with Crippen LogP contribution in [0.4, 0.5) is 0 Å². The maximum Gasteiger partial charge on any atom is 0.334 e. The van der Waals surface area contributed by atoms with Crippen molar-refractivity contribution in [2.45, 2.75) is 69.6 Å². The number of aryl methyl sites for hydroxylation is 1. The molecule has 3 aromatic carbocycles. The lowest BCUT2D eigenvalue weighted by atomic mass is 10.0. The lowest BCUT2D eigenvalue weighted by Gasteiger charge is -2.23. The molecule has 0 radical (unpaired) electrons. The highest BCUT2D eigenvalue weighted by molar-refractivity contribution is 7.80. The topological polar surface area (TPSA) is 140 Å². The number of thiol groups is 1. The number of carbonyl (C=O) groups is 4. The molecule has 0 aromatic heterocycles. The van der Waals surface area contributed by atoms with Crippen LogP contribution >= 0.6 is 12.6 Å². The third-order valence-electron chi connectivity index (χ3n) is 6.44. The summed E-state index contributed by atoms with van der Waals surface area (Å²) >= 11 is 4.13. The molecule has 0 aliphatic heterocycles. The molecule has 0 fully saturated rings. The highest BCUT2D eigenvalue weighted by Gasteiger charge is 2.21. The standard InChI is InChI=1S/C27H34N2O8.C7H8S/c1-18(30)29-21(13-15-25(32)27(34)35-3)12-14-24(36-19(2)31)17-28-26(33)20-8-7-11-23(16-20)37-22-9-5-4-6-10-22;1-6-2-4-7(8)5-3-6/h4-11,16,21,24-25,32H,12-15,17H2,1-3H3,(H,28,33)(H,29,30);2-5,8H,1H3. The minimum atomic E-state index is -1.30. The van der Waals surface area contributed by atoms with E-state index in [1.54, 1.807) is 36.4 Å². The van der Waals surface area contributed by atoms with E-state index in [0.29, 0.717) is 36.3 Å². The van der Waals surface area contributed by atoms with Crippen LogP contribution in [-0.4, -0.2) is 60.8 Å². The molecule has 0 heterocycles. The van der Waals surface area contributed by atoms with Gasteiger partial charge >= 0.3 is 11.9 Å². The summed E-state index contributed by atoms with van der Waals surface area (Å²) in [5, 5.41) is 15.4. The molecule has 45 heavy (non-hydrogen) atoms. The molecule has 3 aromatic rings. The molecular weight excluding hydrogens is 596 g/mol. The second-order valence-electron chi connectivity index (χ2n) is 10.3. The molecule has 11 heteroatoms.